The highest BCUT2D eigenvalue weighted by Gasteiger charge is 2.29. The van der Waals surface area contributed by atoms with Crippen LogP contribution in [0.1, 0.15) is 12.0 Å². The lowest BCUT2D eigenvalue weighted by atomic mass is 10.2. The highest BCUT2D eigenvalue weighted by Crippen LogP contribution is 2.28. The van der Waals surface area contributed by atoms with Crippen LogP contribution in [0.4, 0.5) is 5.69 Å². The van der Waals surface area contributed by atoms with Crippen molar-refractivity contribution in [2.45, 2.75) is 19.4 Å². The lowest BCUT2D eigenvalue weighted by Gasteiger charge is -2.18. The fraction of sp³-hybridized carbons (Fsp3) is 0.364. The summed E-state index contributed by atoms with van der Waals surface area (Å²) in [5, 5.41) is 0. The van der Waals surface area contributed by atoms with Gasteiger partial charge in [-0.1, -0.05) is 12.1 Å². The number of hydrogen-bond donors (Lipinski definition) is 1. The number of nitrogens with zero attached hydrogens (tertiary/aromatic N) is 1. The van der Waals surface area contributed by atoms with Crippen LogP contribution in [0.25, 0.3) is 0 Å². The van der Waals surface area contributed by atoms with Crippen LogP contribution < -0.4 is 10.6 Å². The van der Waals surface area contributed by atoms with Crippen LogP contribution in [0.2, 0.25) is 0 Å². The third kappa shape index (κ3) is 2.01. The van der Waals surface area contributed by atoms with Crippen molar-refractivity contribution in [2.75, 3.05) is 11.4 Å². The topological polar surface area (TPSA) is 46.3 Å². The molecule has 4 heteroatoms. The molecular formula is C11H13IN2O. The maximum atomic E-state index is 11.7. The van der Waals surface area contributed by atoms with Crippen molar-refractivity contribution in [3.63, 3.8) is 0 Å². The monoisotopic (exact) mass is 316 g/mol. The van der Waals surface area contributed by atoms with Crippen molar-refractivity contribution in [1.82, 2.24) is 0 Å². The van der Waals surface area contributed by atoms with E-state index in [1.807, 2.05) is 25.1 Å². The lowest BCUT2D eigenvalue weighted by molar-refractivity contribution is -0.117. The molecule has 1 aromatic carbocycles. The molecular weight excluding hydrogens is 303 g/mol. The standard InChI is InChI=1S/C11H13IN2O/c1-7-3-2-4-9(11(7)12)14-6-8(13)5-10(14)15/h2-4,8H,5-6,13H2,1H3. The Hall–Kier alpha value is -0.620. The van der Waals surface area contributed by atoms with Gasteiger partial charge in [0.15, 0.2) is 0 Å². The quantitative estimate of drug-likeness (QED) is 0.801. The molecule has 1 unspecified atom stereocenters. The average Bonchev–Trinajstić information content (AvgIpc) is 2.50. The van der Waals surface area contributed by atoms with Gasteiger partial charge < -0.3 is 10.6 Å². The molecule has 80 valence electrons. The van der Waals surface area contributed by atoms with Crippen molar-refractivity contribution < 1.29 is 4.79 Å². The molecule has 1 fully saturated rings. The number of rotatable bonds is 1. The molecule has 15 heavy (non-hydrogen) atoms. The molecule has 1 aliphatic rings. The smallest absolute Gasteiger partial charge is 0.228 e. The lowest BCUT2D eigenvalue weighted by Crippen LogP contribution is -2.28. The van der Waals surface area contributed by atoms with Crippen LogP contribution in [-0.4, -0.2) is 18.5 Å². The fourth-order valence-corrected chi connectivity index (χ4v) is 2.46. The summed E-state index contributed by atoms with van der Waals surface area (Å²) in [7, 11) is 0. The van der Waals surface area contributed by atoms with Gasteiger partial charge in [0.05, 0.1) is 5.69 Å². The number of carbonyl (C=O) groups excluding carboxylic acids is 1. The summed E-state index contributed by atoms with van der Waals surface area (Å²) in [5.74, 6) is 0.131. The Morgan fingerprint density at radius 3 is 2.87 bits per heavy atom. The van der Waals surface area contributed by atoms with E-state index in [1.165, 1.54) is 5.56 Å². The summed E-state index contributed by atoms with van der Waals surface area (Å²) in [6.45, 7) is 2.68. The fourth-order valence-electron chi connectivity index (χ4n) is 1.81. The third-order valence-corrected chi connectivity index (χ3v) is 4.02. The predicted molar refractivity (Wildman–Crippen MR) is 68.8 cm³/mol. The first kappa shape index (κ1) is 10.9. The normalized spacial score (nSPS) is 21.1. The minimum Gasteiger partial charge on any atom is -0.326 e. The van der Waals surface area contributed by atoms with Crippen molar-refractivity contribution in [1.29, 1.82) is 0 Å². The van der Waals surface area contributed by atoms with E-state index in [9.17, 15) is 4.79 Å². The van der Waals surface area contributed by atoms with Crippen LogP contribution >= 0.6 is 22.6 Å². The Morgan fingerprint density at radius 2 is 2.27 bits per heavy atom. The molecule has 0 aromatic heterocycles. The number of amides is 1. The average molecular weight is 316 g/mol. The maximum Gasteiger partial charge on any atom is 0.228 e. The number of aryl methyl sites for hydroxylation is 1. The number of halogens is 1. The van der Waals surface area contributed by atoms with Gasteiger partial charge in [0, 0.05) is 22.6 Å². The molecule has 1 aromatic rings. The van der Waals surface area contributed by atoms with Crippen LogP contribution in [-0.2, 0) is 4.79 Å². The molecule has 2 rings (SSSR count). The van der Waals surface area contributed by atoms with Crippen molar-refractivity contribution >= 4 is 34.2 Å². The van der Waals surface area contributed by atoms with Gasteiger partial charge in [-0.25, -0.2) is 0 Å². The molecule has 1 saturated heterocycles. The Morgan fingerprint density at radius 1 is 1.53 bits per heavy atom. The Labute approximate surface area is 103 Å². The zero-order valence-corrected chi connectivity index (χ0v) is 10.7. The van der Waals surface area contributed by atoms with Gasteiger partial charge in [0.1, 0.15) is 0 Å². The van der Waals surface area contributed by atoms with Crippen molar-refractivity contribution in [3.8, 4) is 0 Å². The molecule has 1 amide bonds. The highest BCUT2D eigenvalue weighted by molar-refractivity contribution is 14.1. The molecule has 0 radical (unpaired) electrons. The first-order valence-electron chi connectivity index (χ1n) is 4.90. The van der Waals surface area contributed by atoms with Crippen LogP contribution in [0.15, 0.2) is 18.2 Å². The highest BCUT2D eigenvalue weighted by atomic mass is 127. The zero-order valence-electron chi connectivity index (χ0n) is 8.53. The Bertz CT molecular complexity index is 406. The van der Waals surface area contributed by atoms with Gasteiger partial charge in [0.25, 0.3) is 0 Å². The largest absolute Gasteiger partial charge is 0.326 e. The summed E-state index contributed by atoms with van der Waals surface area (Å²) >= 11 is 2.28. The summed E-state index contributed by atoms with van der Waals surface area (Å²) in [6, 6.07) is 5.98. The molecule has 1 aliphatic heterocycles. The second-order valence-corrected chi connectivity index (χ2v) is 4.96. The number of nitrogens with two attached hydrogens (primary N) is 1. The van der Waals surface area contributed by atoms with Crippen LogP contribution in [0, 0.1) is 10.5 Å². The van der Waals surface area contributed by atoms with E-state index in [1.54, 1.807) is 4.90 Å². The van der Waals surface area contributed by atoms with Crippen molar-refractivity contribution in [2.24, 2.45) is 5.73 Å². The summed E-state index contributed by atoms with van der Waals surface area (Å²) in [5.41, 5.74) is 7.97. The summed E-state index contributed by atoms with van der Waals surface area (Å²) in [4.78, 5) is 13.5. The predicted octanol–water partition coefficient (Wildman–Crippen LogP) is 1.66. The van der Waals surface area contributed by atoms with Gasteiger partial charge in [-0.2, -0.15) is 0 Å². The number of benzene rings is 1. The minimum atomic E-state index is -0.0196. The maximum absolute atomic E-state index is 11.7. The SMILES string of the molecule is Cc1cccc(N2CC(N)CC2=O)c1I. The summed E-state index contributed by atoms with van der Waals surface area (Å²) < 4.78 is 1.14. The minimum absolute atomic E-state index is 0.0196. The molecule has 3 nitrogen and oxygen atoms in total. The van der Waals surface area contributed by atoms with Gasteiger partial charge in [-0.15, -0.1) is 0 Å². The molecule has 1 atom stereocenters. The van der Waals surface area contributed by atoms with Crippen molar-refractivity contribution in [3.05, 3.63) is 27.3 Å². The van der Waals surface area contributed by atoms with E-state index in [2.05, 4.69) is 22.6 Å². The number of anilines is 1. The van der Waals surface area contributed by atoms with E-state index < -0.39 is 0 Å². The van der Waals surface area contributed by atoms with Gasteiger partial charge in [0.2, 0.25) is 5.91 Å². The third-order valence-electron chi connectivity index (χ3n) is 2.62. The van der Waals surface area contributed by atoms with E-state index in [0.717, 1.165) is 9.26 Å². The first-order chi connectivity index (χ1) is 7.09. The molecule has 0 aliphatic carbocycles. The van der Waals surface area contributed by atoms with Crippen LogP contribution in [0.3, 0.4) is 0 Å². The van der Waals surface area contributed by atoms with Crippen LogP contribution in [0.5, 0.6) is 0 Å². The van der Waals surface area contributed by atoms with E-state index in [0.29, 0.717) is 13.0 Å². The number of hydrogen-bond acceptors (Lipinski definition) is 2. The van der Waals surface area contributed by atoms with E-state index in [-0.39, 0.29) is 11.9 Å². The van der Waals surface area contributed by atoms with E-state index >= 15 is 0 Å². The second-order valence-electron chi connectivity index (χ2n) is 3.88. The Balaban J connectivity index is 2.38. The van der Waals surface area contributed by atoms with Gasteiger partial charge in [-0.05, 0) is 41.1 Å². The van der Waals surface area contributed by atoms with Gasteiger partial charge in [-0.3, -0.25) is 4.79 Å². The Kier molecular flexibility index (Phi) is 2.97. The molecule has 1 heterocycles. The first-order valence-corrected chi connectivity index (χ1v) is 5.98. The molecule has 0 saturated carbocycles. The zero-order chi connectivity index (χ0) is 11.0. The molecule has 0 spiro atoms. The second kappa shape index (κ2) is 4.09. The van der Waals surface area contributed by atoms with Gasteiger partial charge >= 0.3 is 0 Å². The summed E-state index contributed by atoms with van der Waals surface area (Å²) in [6.07, 6.45) is 0.462. The number of carbonyl (C=O) groups is 1. The molecule has 0 bridgehead atoms. The molecule has 2 N–H and O–H groups in total. The van der Waals surface area contributed by atoms with E-state index in [4.69, 9.17) is 5.73 Å².